The topological polar surface area (TPSA) is 216 Å². The molecule has 16 aliphatic heterocycles. The number of fused-ring (bicyclic) bond motifs is 10. The van der Waals surface area contributed by atoms with Gasteiger partial charge in [-0.25, -0.2) is 0 Å². The highest BCUT2D eigenvalue weighted by molar-refractivity contribution is 5.70. The van der Waals surface area contributed by atoms with Crippen LogP contribution >= 0.6 is 0 Å². The minimum Gasteiger partial charge on any atom is -0.459 e. The maximum absolute atomic E-state index is 14.6. The number of aliphatic hydroxyl groups is 3. The van der Waals surface area contributed by atoms with E-state index in [-0.39, 0.29) is 146 Å². The van der Waals surface area contributed by atoms with Crippen LogP contribution < -0.4 is 0 Å². The third-order valence-electron chi connectivity index (χ3n) is 21.9. The molecule has 16 heterocycles. The van der Waals surface area contributed by atoms with Gasteiger partial charge in [0.05, 0.1) is 129 Å². The number of hydrogen-bond acceptors (Lipinski definition) is 19. The highest BCUT2D eigenvalue weighted by Gasteiger charge is 2.70. The molecule has 19 nitrogen and oxygen atoms in total. The first-order valence-electron chi connectivity index (χ1n) is 30.8. The zero-order valence-electron chi connectivity index (χ0n) is 46.5. The zero-order valence-corrected chi connectivity index (χ0v) is 46.5. The Kier molecular flexibility index (Phi) is 13.8. The second kappa shape index (κ2) is 20.2. The molecule has 16 aliphatic rings. The molecule has 0 radical (unpaired) electrons. The Morgan fingerprint density at radius 3 is 2.03 bits per heavy atom. The van der Waals surface area contributed by atoms with Crippen LogP contribution in [-0.4, -0.2) is 198 Å². The number of carbonyl (C=O) groups excluding carboxylic acids is 1. The lowest BCUT2D eigenvalue weighted by Gasteiger charge is -2.50. The van der Waals surface area contributed by atoms with Crippen LogP contribution in [0.2, 0.25) is 0 Å². The molecular weight excluding hydrogens is 1020 g/mol. The van der Waals surface area contributed by atoms with Gasteiger partial charge >= 0.3 is 5.97 Å². The van der Waals surface area contributed by atoms with Crippen molar-refractivity contribution < 1.29 is 91.2 Å². The Balaban J connectivity index is 0.655. The van der Waals surface area contributed by atoms with E-state index in [9.17, 15) is 20.1 Å². The van der Waals surface area contributed by atoms with Crippen LogP contribution in [-0.2, 0) is 75.8 Å². The molecule has 0 aliphatic carbocycles. The molecule has 0 aromatic carbocycles. The van der Waals surface area contributed by atoms with Gasteiger partial charge in [-0.3, -0.25) is 4.79 Å². The molecular formula is C60H86O19. The average molecular weight is 1110 g/mol. The molecule has 12 bridgehead atoms. The highest BCUT2D eigenvalue weighted by atomic mass is 16.8. The monoisotopic (exact) mass is 1110 g/mol. The summed E-state index contributed by atoms with van der Waals surface area (Å²) in [6.07, 6.45) is 2.17. The summed E-state index contributed by atoms with van der Waals surface area (Å²) in [7, 11) is 0. The second-order valence-electron chi connectivity index (χ2n) is 27.5. The predicted molar refractivity (Wildman–Crippen MR) is 274 cm³/mol. The van der Waals surface area contributed by atoms with E-state index < -0.39 is 72.8 Å². The van der Waals surface area contributed by atoms with E-state index >= 15 is 0 Å². The first-order chi connectivity index (χ1) is 38.0. The summed E-state index contributed by atoms with van der Waals surface area (Å²) in [5.41, 5.74) is 2.15. The van der Waals surface area contributed by atoms with Gasteiger partial charge in [0.1, 0.15) is 36.6 Å². The van der Waals surface area contributed by atoms with Crippen molar-refractivity contribution in [1.82, 2.24) is 0 Å². The molecule has 3 N–H and O–H groups in total. The van der Waals surface area contributed by atoms with Gasteiger partial charge < -0.3 is 86.4 Å². The summed E-state index contributed by atoms with van der Waals surface area (Å²) in [5, 5.41) is 30.3. The van der Waals surface area contributed by atoms with E-state index in [1.165, 1.54) is 0 Å². The van der Waals surface area contributed by atoms with Crippen LogP contribution in [0.1, 0.15) is 143 Å². The molecule has 79 heavy (non-hydrogen) atoms. The van der Waals surface area contributed by atoms with Crippen molar-refractivity contribution in [3.63, 3.8) is 0 Å². The molecule has 0 aromatic heterocycles. The number of carbonyl (C=O) groups is 1. The van der Waals surface area contributed by atoms with Gasteiger partial charge in [-0.1, -0.05) is 40.9 Å². The van der Waals surface area contributed by atoms with E-state index in [0.717, 1.165) is 49.7 Å². The van der Waals surface area contributed by atoms with Crippen LogP contribution in [0.5, 0.6) is 0 Å². The lowest BCUT2D eigenvalue weighted by atomic mass is 9.79. The standard InChI is InChI=1S/C60H86O19/c1-26-13-33-7-9-37-27(2)14-35(65-37)11-12-58-23-46-54(78-58)55-56(72-46)57(79-58)53-38(69-55)10-8-34(67-53)16-48(64)73-52-31(6)51-43(68-42(52)17-39(66-33)30(26)5)19-41-45(71-51)22-60(74-41)24-47-50(77-60)29(4)21-59(76-47)20-28(3)49-44(75-59)18-40(70-49)36(63)15-32(62)25-61/h26,28-29,31-47,49-57,61-63H,2,5,7-25H2,1,3-4,6H3/t26-,28+,29+,31+,32-,33-,34-,35+,36+,37+,38+,39+,40+,41-,42+,43+,44+,45-,46-,47+,49+,50+,51+,52-,53+,54-,55+,56-,57+,58?,59-,60+/m1/s1. The Bertz CT molecular complexity index is 2340. The number of rotatable bonds is 4. The van der Waals surface area contributed by atoms with Crippen molar-refractivity contribution in [2.45, 2.75) is 313 Å². The van der Waals surface area contributed by atoms with Gasteiger partial charge in [0.2, 0.25) is 0 Å². The van der Waals surface area contributed by atoms with Crippen molar-refractivity contribution in [3.05, 3.63) is 24.3 Å². The first kappa shape index (κ1) is 54.0. The lowest BCUT2D eigenvalue weighted by Crippen LogP contribution is -2.62. The molecule has 32 atom stereocenters. The summed E-state index contributed by atoms with van der Waals surface area (Å²) in [6.45, 7) is 17.4. The van der Waals surface area contributed by atoms with Crippen molar-refractivity contribution in [3.8, 4) is 0 Å². The van der Waals surface area contributed by atoms with Crippen LogP contribution in [0.15, 0.2) is 24.3 Å². The maximum atomic E-state index is 14.6. The zero-order chi connectivity index (χ0) is 54.0. The van der Waals surface area contributed by atoms with E-state index in [0.29, 0.717) is 64.2 Å². The highest BCUT2D eigenvalue weighted by Crippen LogP contribution is 2.58. The lowest BCUT2D eigenvalue weighted by molar-refractivity contribution is -0.347. The Morgan fingerprint density at radius 2 is 1.18 bits per heavy atom. The molecule has 0 aromatic rings. The molecule has 1 unspecified atom stereocenters. The molecule has 0 amide bonds. The van der Waals surface area contributed by atoms with Gasteiger partial charge in [0.25, 0.3) is 0 Å². The summed E-state index contributed by atoms with van der Waals surface area (Å²) >= 11 is 0. The molecule has 19 heteroatoms. The fourth-order valence-electron chi connectivity index (χ4n) is 18.2. The van der Waals surface area contributed by atoms with E-state index in [1.807, 2.05) is 0 Å². The van der Waals surface area contributed by atoms with Crippen molar-refractivity contribution in [1.29, 1.82) is 0 Å². The number of ether oxygens (including phenoxy) is 15. The van der Waals surface area contributed by atoms with Crippen molar-refractivity contribution >= 4 is 5.97 Å². The largest absolute Gasteiger partial charge is 0.459 e. The second-order valence-corrected chi connectivity index (χ2v) is 27.5. The number of aliphatic hydroxyl groups excluding tert-OH is 3. The van der Waals surface area contributed by atoms with Crippen LogP contribution in [0.4, 0.5) is 0 Å². The van der Waals surface area contributed by atoms with E-state index in [2.05, 4.69) is 40.9 Å². The van der Waals surface area contributed by atoms with E-state index in [4.69, 9.17) is 71.1 Å². The quantitative estimate of drug-likeness (QED) is 0.251. The van der Waals surface area contributed by atoms with Crippen LogP contribution in [0, 0.1) is 23.7 Å². The summed E-state index contributed by atoms with van der Waals surface area (Å²) in [4.78, 5) is 14.6. The summed E-state index contributed by atoms with van der Waals surface area (Å²) in [5.74, 6) is -2.77. The minimum atomic E-state index is -1.02. The maximum Gasteiger partial charge on any atom is 0.308 e. The normalized spacial score (nSPS) is 57.2. The van der Waals surface area contributed by atoms with Crippen LogP contribution in [0.25, 0.3) is 0 Å². The Morgan fingerprint density at radius 1 is 0.506 bits per heavy atom. The number of esters is 1. The SMILES string of the molecule is C=C1C[C@@H]2CCC34C[C@H]5O[C@H]6[C@@H](O3)[C@H]3O[C@H](CC[C@@H]3O[C@H]6[C@@H]5O4)CC(=O)O[C@@H]3[C@@H](C)[C@@H]4O[C@@H]5C[C@]6(C[C@@H]7O[C@]8(C[C@H](C)[C@@H]9O[C@H]([C@@H](O)C[C@@H](O)CO)C[C@@H]9O8)C[C@H](C)[C@@H]7O6)O[C@@H]5C[C@@H]4O[C@H]3C[C@@H]3O[C@H](CC[C@@H]1O2)C[C@@H](C)C3=C. The van der Waals surface area contributed by atoms with Gasteiger partial charge in [0.15, 0.2) is 17.4 Å². The van der Waals surface area contributed by atoms with Gasteiger partial charge in [-0.2, -0.15) is 0 Å². The fraction of sp³-hybridized carbons (Fsp3) is 0.917. The summed E-state index contributed by atoms with van der Waals surface area (Å²) in [6, 6.07) is 0. The third kappa shape index (κ3) is 9.43. The first-order valence-corrected chi connectivity index (χ1v) is 30.8. The molecule has 16 saturated heterocycles. The third-order valence-corrected chi connectivity index (χ3v) is 21.9. The average Bonchev–Trinajstić information content (AvgIpc) is 4.25. The molecule has 0 saturated carbocycles. The van der Waals surface area contributed by atoms with E-state index in [1.54, 1.807) is 0 Å². The van der Waals surface area contributed by atoms with Gasteiger partial charge in [-0.05, 0) is 73.8 Å². The van der Waals surface area contributed by atoms with Gasteiger partial charge in [-0.15, -0.1) is 0 Å². The van der Waals surface area contributed by atoms with Crippen molar-refractivity contribution in [2.75, 3.05) is 6.61 Å². The Labute approximate surface area is 463 Å². The molecule has 16 fully saturated rings. The van der Waals surface area contributed by atoms with Crippen molar-refractivity contribution in [2.24, 2.45) is 23.7 Å². The molecule has 3 spiro atoms. The molecule has 16 rings (SSSR count). The van der Waals surface area contributed by atoms with Gasteiger partial charge in [0, 0.05) is 70.1 Å². The number of hydrogen-bond donors (Lipinski definition) is 3. The smallest absolute Gasteiger partial charge is 0.308 e. The minimum absolute atomic E-state index is 0.0143. The molecule has 440 valence electrons. The predicted octanol–water partition coefficient (Wildman–Crippen LogP) is 4.93. The fourth-order valence-corrected chi connectivity index (χ4v) is 18.2. The van der Waals surface area contributed by atoms with Crippen LogP contribution in [0.3, 0.4) is 0 Å². The Hall–Kier alpha value is -1.73. The summed E-state index contributed by atoms with van der Waals surface area (Å²) < 4.78 is 104.